The highest BCUT2D eigenvalue weighted by molar-refractivity contribution is 5.74. The van der Waals surface area contributed by atoms with Gasteiger partial charge < -0.3 is 19.9 Å². The Morgan fingerprint density at radius 2 is 1.72 bits per heavy atom. The van der Waals surface area contributed by atoms with Gasteiger partial charge in [0.15, 0.2) is 0 Å². The van der Waals surface area contributed by atoms with Crippen LogP contribution in [0.5, 0.6) is 5.75 Å². The van der Waals surface area contributed by atoms with E-state index in [4.69, 9.17) is 4.74 Å². The third kappa shape index (κ3) is 4.05. The van der Waals surface area contributed by atoms with Crippen molar-refractivity contribution in [3.05, 3.63) is 59.7 Å². The highest BCUT2D eigenvalue weighted by atomic mass is 16.5. The molecule has 1 aliphatic heterocycles. The van der Waals surface area contributed by atoms with Gasteiger partial charge in [-0.15, -0.1) is 0 Å². The molecule has 0 atom stereocenters. The summed E-state index contributed by atoms with van der Waals surface area (Å²) in [6.07, 6.45) is 0. The van der Waals surface area contributed by atoms with Crippen molar-refractivity contribution in [3.8, 4) is 5.75 Å². The quantitative estimate of drug-likeness (QED) is 0.931. The Bertz CT molecular complexity index is 724. The van der Waals surface area contributed by atoms with E-state index in [1.807, 2.05) is 35.2 Å². The largest absolute Gasteiger partial charge is 0.495 e. The molecule has 0 aliphatic carbocycles. The number of benzene rings is 2. The maximum absolute atomic E-state index is 12.4. The summed E-state index contributed by atoms with van der Waals surface area (Å²) in [7, 11) is 1.69. The van der Waals surface area contributed by atoms with Gasteiger partial charge in [0.1, 0.15) is 5.75 Å². The number of nitrogens with one attached hydrogen (secondary N) is 1. The van der Waals surface area contributed by atoms with Crippen molar-refractivity contribution in [2.75, 3.05) is 38.2 Å². The van der Waals surface area contributed by atoms with Crippen LogP contribution in [0.1, 0.15) is 11.1 Å². The van der Waals surface area contributed by atoms with Crippen LogP contribution in [0.4, 0.5) is 10.5 Å². The van der Waals surface area contributed by atoms with Crippen LogP contribution in [0.25, 0.3) is 0 Å². The first-order valence-corrected chi connectivity index (χ1v) is 8.64. The highest BCUT2D eigenvalue weighted by Crippen LogP contribution is 2.28. The van der Waals surface area contributed by atoms with Crippen molar-refractivity contribution in [1.29, 1.82) is 0 Å². The number of ether oxygens (including phenoxy) is 1. The molecule has 1 fully saturated rings. The lowest BCUT2D eigenvalue weighted by Crippen LogP contribution is -2.51. The van der Waals surface area contributed by atoms with Crippen molar-refractivity contribution < 1.29 is 9.53 Å². The van der Waals surface area contributed by atoms with Gasteiger partial charge in [-0.1, -0.05) is 36.4 Å². The highest BCUT2D eigenvalue weighted by Gasteiger charge is 2.22. The van der Waals surface area contributed by atoms with Gasteiger partial charge in [-0.05, 0) is 30.2 Å². The lowest BCUT2D eigenvalue weighted by Gasteiger charge is -2.36. The minimum atomic E-state index is 0.00271. The SMILES string of the molecule is COc1ccccc1N1CCN(C(=O)NCc2ccccc2C)CC1. The molecular weight excluding hydrogens is 314 g/mol. The summed E-state index contributed by atoms with van der Waals surface area (Å²) in [6.45, 7) is 5.65. The number of amides is 2. The monoisotopic (exact) mass is 339 g/mol. The predicted octanol–water partition coefficient (Wildman–Crippen LogP) is 3.04. The van der Waals surface area contributed by atoms with E-state index in [2.05, 4.69) is 35.3 Å². The van der Waals surface area contributed by atoms with Crippen LogP contribution in [0.3, 0.4) is 0 Å². The first-order valence-electron chi connectivity index (χ1n) is 8.64. The van der Waals surface area contributed by atoms with Crippen molar-refractivity contribution in [3.63, 3.8) is 0 Å². The number of anilines is 1. The Morgan fingerprint density at radius 1 is 1.04 bits per heavy atom. The molecule has 2 amide bonds. The zero-order valence-corrected chi connectivity index (χ0v) is 14.9. The second-order valence-electron chi connectivity index (χ2n) is 6.23. The van der Waals surface area contributed by atoms with E-state index in [1.54, 1.807) is 7.11 Å². The van der Waals surface area contributed by atoms with E-state index in [9.17, 15) is 4.79 Å². The van der Waals surface area contributed by atoms with Gasteiger partial charge >= 0.3 is 6.03 Å². The second kappa shape index (κ2) is 7.92. The summed E-state index contributed by atoms with van der Waals surface area (Å²) in [6, 6.07) is 16.1. The molecule has 1 N–H and O–H groups in total. The van der Waals surface area contributed by atoms with Crippen molar-refractivity contribution in [2.45, 2.75) is 13.5 Å². The number of aryl methyl sites for hydroxylation is 1. The van der Waals surface area contributed by atoms with E-state index >= 15 is 0 Å². The lowest BCUT2D eigenvalue weighted by atomic mass is 10.1. The van der Waals surface area contributed by atoms with Crippen molar-refractivity contribution >= 4 is 11.7 Å². The molecule has 1 saturated heterocycles. The number of rotatable bonds is 4. The van der Waals surface area contributed by atoms with Crippen LogP contribution < -0.4 is 15.0 Å². The van der Waals surface area contributed by atoms with E-state index in [1.165, 1.54) is 5.56 Å². The van der Waals surface area contributed by atoms with Crippen molar-refractivity contribution in [1.82, 2.24) is 10.2 Å². The molecule has 2 aromatic rings. The standard InChI is InChI=1S/C20H25N3O2/c1-16-7-3-4-8-17(16)15-21-20(24)23-13-11-22(12-14-23)18-9-5-6-10-19(18)25-2/h3-10H,11-15H2,1-2H3,(H,21,24). The Hall–Kier alpha value is -2.69. The first-order chi connectivity index (χ1) is 12.2. The minimum absolute atomic E-state index is 0.00271. The number of methoxy groups -OCH3 is 1. The molecule has 0 saturated carbocycles. The third-order valence-electron chi connectivity index (χ3n) is 4.68. The van der Waals surface area contributed by atoms with Gasteiger partial charge in [-0.25, -0.2) is 4.79 Å². The number of carbonyl (C=O) groups excluding carboxylic acids is 1. The fraction of sp³-hybridized carbons (Fsp3) is 0.350. The summed E-state index contributed by atoms with van der Waals surface area (Å²) >= 11 is 0. The normalized spacial score (nSPS) is 14.3. The summed E-state index contributed by atoms with van der Waals surface area (Å²) < 4.78 is 5.44. The molecule has 25 heavy (non-hydrogen) atoms. The van der Waals surface area contributed by atoms with Crippen LogP contribution in [0.2, 0.25) is 0 Å². The second-order valence-corrected chi connectivity index (χ2v) is 6.23. The summed E-state index contributed by atoms with van der Waals surface area (Å²) in [5.74, 6) is 0.875. The maximum atomic E-state index is 12.4. The number of hydrogen-bond acceptors (Lipinski definition) is 3. The Balaban J connectivity index is 1.53. The fourth-order valence-electron chi connectivity index (χ4n) is 3.13. The Morgan fingerprint density at radius 3 is 2.44 bits per heavy atom. The number of para-hydroxylation sites is 2. The predicted molar refractivity (Wildman–Crippen MR) is 100 cm³/mol. The van der Waals surface area contributed by atoms with E-state index in [0.29, 0.717) is 19.6 Å². The summed E-state index contributed by atoms with van der Waals surface area (Å²) in [5.41, 5.74) is 3.44. The van der Waals surface area contributed by atoms with E-state index in [0.717, 1.165) is 30.1 Å². The average Bonchev–Trinajstić information content (AvgIpc) is 2.67. The molecule has 0 aromatic heterocycles. The first kappa shape index (κ1) is 17.1. The van der Waals surface area contributed by atoms with Gasteiger partial charge in [0.25, 0.3) is 0 Å². The molecule has 3 rings (SSSR count). The number of piperazine rings is 1. The number of nitrogens with zero attached hydrogens (tertiary/aromatic N) is 2. The van der Waals surface area contributed by atoms with Gasteiger partial charge in [-0.3, -0.25) is 0 Å². The van der Waals surface area contributed by atoms with Crippen LogP contribution in [-0.2, 0) is 6.54 Å². The molecule has 132 valence electrons. The molecule has 2 aromatic carbocycles. The Labute approximate surface area is 149 Å². The maximum Gasteiger partial charge on any atom is 0.317 e. The number of hydrogen-bond donors (Lipinski definition) is 1. The van der Waals surface area contributed by atoms with Crippen LogP contribution in [0, 0.1) is 6.92 Å². The Kier molecular flexibility index (Phi) is 5.43. The van der Waals surface area contributed by atoms with Crippen LogP contribution in [-0.4, -0.2) is 44.2 Å². The molecule has 0 bridgehead atoms. The summed E-state index contributed by atoms with van der Waals surface area (Å²) in [4.78, 5) is 16.6. The zero-order chi connectivity index (χ0) is 17.6. The third-order valence-corrected chi connectivity index (χ3v) is 4.68. The summed E-state index contributed by atoms with van der Waals surface area (Å²) in [5, 5.41) is 3.03. The van der Waals surface area contributed by atoms with Gasteiger partial charge in [0, 0.05) is 32.7 Å². The lowest BCUT2D eigenvalue weighted by molar-refractivity contribution is 0.194. The molecule has 5 nitrogen and oxygen atoms in total. The van der Waals surface area contributed by atoms with Gasteiger partial charge in [0.2, 0.25) is 0 Å². The molecule has 0 radical (unpaired) electrons. The van der Waals surface area contributed by atoms with Gasteiger partial charge in [-0.2, -0.15) is 0 Å². The molecule has 1 heterocycles. The van der Waals surface area contributed by atoms with Crippen LogP contribution in [0.15, 0.2) is 48.5 Å². The van der Waals surface area contributed by atoms with Gasteiger partial charge in [0.05, 0.1) is 12.8 Å². The molecule has 0 spiro atoms. The van der Waals surface area contributed by atoms with Crippen molar-refractivity contribution in [2.24, 2.45) is 0 Å². The van der Waals surface area contributed by atoms with E-state index < -0.39 is 0 Å². The number of carbonyl (C=O) groups is 1. The topological polar surface area (TPSA) is 44.8 Å². The smallest absolute Gasteiger partial charge is 0.317 e. The molecule has 0 unspecified atom stereocenters. The molecule has 1 aliphatic rings. The average molecular weight is 339 g/mol. The zero-order valence-electron chi connectivity index (χ0n) is 14.9. The molecular formula is C20H25N3O2. The van der Waals surface area contributed by atoms with E-state index in [-0.39, 0.29) is 6.03 Å². The fourth-order valence-corrected chi connectivity index (χ4v) is 3.13. The number of urea groups is 1. The minimum Gasteiger partial charge on any atom is -0.495 e. The molecule has 5 heteroatoms. The van der Waals surface area contributed by atoms with Crippen LogP contribution >= 0.6 is 0 Å².